The van der Waals surface area contributed by atoms with Crippen molar-refractivity contribution >= 4 is 11.8 Å². The van der Waals surface area contributed by atoms with Gasteiger partial charge in [0, 0.05) is 57.3 Å². The van der Waals surface area contributed by atoms with Crippen molar-refractivity contribution in [2.45, 2.75) is 59.3 Å². The number of carbonyl (C=O) groups is 2. The summed E-state index contributed by atoms with van der Waals surface area (Å²) in [4.78, 5) is 32.1. The molecule has 1 aromatic carbocycles. The van der Waals surface area contributed by atoms with Crippen molar-refractivity contribution < 1.29 is 14.3 Å². The van der Waals surface area contributed by atoms with Gasteiger partial charge in [0.2, 0.25) is 5.91 Å². The topological polar surface area (TPSA) is 65.1 Å². The average Bonchev–Trinajstić information content (AvgIpc) is 2.76. The molecule has 2 unspecified atom stereocenters. The van der Waals surface area contributed by atoms with Crippen LogP contribution in [0.2, 0.25) is 0 Å². The van der Waals surface area contributed by atoms with Crippen molar-refractivity contribution in [3.8, 4) is 0 Å². The van der Waals surface area contributed by atoms with Crippen LogP contribution in [0.5, 0.6) is 0 Å². The van der Waals surface area contributed by atoms with E-state index in [4.69, 9.17) is 4.74 Å². The van der Waals surface area contributed by atoms with Gasteiger partial charge in [0.05, 0.1) is 12.2 Å². The molecule has 2 saturated heterocycles. The Balaban J connectivity index is 1.45. The second-order valence-electron chi connectivity index (χ2n) is 11.3. The number of piperidine rings is 1. The first-order chi connectivity index (χ1) is 16.0. The van der Waals surface area contributed by atoms with E-state index >= 15 is 0 Å². The molecule has 0 aromatic heterocycles. The van der Waals surface area contributed by atoms with Crippen LogP contribution in [-0.4, -0.2) is 92.1 Å². The number of benzene rings is 1. The van der Waals surface area contributed by atoms with E-state index in [-0.39, 0.29) is 35.4 Å². The zero-order valence-corrected chi connectivity index (χ0v) is 22.0. The highest BCUT2D eigenvalue weighted by Crippen LogP contribution is 2.21. The van der Waals surface area contributed by atoms with Crippen LogP contribution in [0.1, 0.15) is 56.5 Å². The number of morpholine rings is 1. The second kappa shape index (κ2) is 11.6. The van der Waals surface area contributed by atoms with Crippen LogP contribution in [0.3, 0.4) is 0 Å². The minimum Gasteiger partial charge on any atom is -0.373 e. The lowest BCUT2D eigenvalue weighted by Gasteiger charge is -2.35. The lowest BCUT2D eigenvalue weighted by molar-refractivity contribution is -0.126. The molecule has 0 aliphatic carbocycles. The highest BCUT2D eigenvalue weighted by atomic mass is 16.5. The van der Waals surface area contributed by atoms with E-state index in [2.05, 4.69) is 69.0 Å². The second-order valence-corrected chi connectivity index (χ2v) is 11.3. The zero-order chi connectivity index (χ0) is 24.9. The first-order valence-corrected chi connectivity index (χ1v) is 12.7. The van der Waals surface area contributed by atoms with Crippen molar-refractivity contribution in [3.63, 3.8) is 0 Å². The average molecular weight is 473 g/mol. The van der Waals surface area contributed by atoms with Gasteiger partial charge in [-0.3, -0.25) is 14.5 Å². The van der Waals surface area contributed by atoms with Crippen LogP contribution < -0.4 is 5.32 Å². The lowest BCUT2D eigenvalue weighted by Crippen LogP contribution is -2.46. The van der Waals surface area contributed by atoms with Crippen LogP contribution in [0.25, 0.3) is 0 Å². The number of ether oxygens (including phenoxy) is 1. The first-order valence-electron chi connectivity index (χ1n) is 12.7. The summed E-state index contributed by atoms with van der Waals surface area (Å²) in [5.41, 5.74) is 1.96. The van der Waals surface area contributed by atoms with Gasteiger partial charge in [0.1, 0.15) is 0 Å². The van der Waals surface area contributed by atoms with Gasteiger partial charge in [-0.05, 0) is 63.9 Å². The Morgan fingerprint density at radius 3 is 2.21 bits per heavy atom. The molecule has 3 rings (SSSR count). The Kier molecular flexibility index (Phi) is 9.13. The van der Waals surface area contributed by atoms with E-state index in [9.17, 15) is 9.59 Å². The molecule has 2 aliphatic heterocycles. The number of amides is 2. The van der Waals surface area contributed by atoms with Crippen molar-refractivity contribution in [2.75, 3.05) is 53.4 Å². The smallest absolute Gasteiger partial charge is 0.253 e. The molecule has 2 amide bonds. The molecule has 190 valence electrons. The third-order valence-corrected chi connectivity index (χ3v) is 6.74. The zero-order valence-electron chi connectivity index (χ0n) is 22.0. The fourth-order valence-electron chi connectivity index (χ4n) is 5.33. The molecule has 2 heterocycles. The molecule has 7 nitrogen and oxygen atoms in total. The van der Waals surface area contributed by atoms with Crippen LogP contribution >= 0.6 is 0 Å². The van der Waals surface area contributed by atoms with Crippen LogP contribution in [0.15, 0.2) is 24.3 Å². The van der Waals surface area contributed by atoms with Crippen LogP contribution in [0, 0.1) is 11.3 Å². The molecule has 2 atom stereocenters. The van der Waals surface area contributed by atoms with Gasteiger partial charge in [-0.25, -0.2) is 0 Å². The Morgan fingerprint density at radius 2 is 1.65 bits per heavy atom. The van der Waals surface area contributed by atoms with Gasteiger partial charge in [-0.1, -0.05) is 26.0 Å². The summed E-state index contributed by atoms with van der Waals surface area (Å²) in [5.74, 6) is 0.168. The number of nitrogens with zero attached hydrogens (tertiary/aromatic N) is 3. The first kappa shape index (κ1) is 26.6. The Labute approximate surface area is 205 Å². The van der Waals surface area contributed by atoms with Gasteiger partial charge >= 0.3 is 0 Å². The van der Waals surface area contributed by atoms with E-state index in [0.717, 1.165) is 44.6 Å². The summed E-state index contributed by atoms with van der Waals surface area (Å²) in [6, 6.07) is 8.01. The predicted molar refractivity (Wildman–Crippen MR) is 136 cm³/mol. The molecule has 7 heteroatoms. The fraction of sp³-hybridized carbons (Fsp3) is 0.704. The third-order valence-electron chi connectivity index (χ3n) is 6.74. The molecule has 0 spiro atoms. The summed E-state index contributed by atoms with van der Waals surface area (Å²) in [6.45, 7) is 14.1. The van der Waals surface area contributed by atoms with E-state index in [1.54, 1.807) is 0 Å². The van der Waals surface area contributed by atoms with Crippen molar-refractivity contribution in [1.82, 2.24) is 20.0 Å². The summed E-state index contributed by atoms with van der Waals surface area (Å²) in [7, 11) is 4.10. The number of hydrogen-bond acceptors (Lipinski definition) is 5. The molecule has 1 N–H and O–H groups in total. The van der Waals surface area contributed by atoms with Crippen molar-refractivity contribution in [1.29, 1.82) is 0 Å². The van der Waals surface area contributed by atoms with Crippen molar-refractivity contribution in [2.24, 2.45) is 11.3 Å². The SMILES string of the molecule is CC1CN(Cc2ccc(C(=O)N3CCC(C(=O)NCC(C)(C)CN(C)C)CC3)cc2)CC(C)O1. The monoisotopic (exact) mass is 472 g/mol. The molecule has 2 aliphatic rings. The maximum atomic E-state index is 13.0. The minimum atomic E-state index is -0.0140. The highest BCUT2D eigenvalue weighted by molar-refractivity contribution is 5.94. The van der Waals surface area contributed by atoms with Gasteiger partial charge in [0.15, 0.2) is 0 Å². The van der Waals surface area contributed by atoms with E-state index in [1.165, 1.54) is 5.56 Å². The largest absolute Gasteiger partial charge is 0.373 e. The van der Waals surface area contributed by atoms with E-state index < -0.39 is 0 Å². The molecule has 1 aromatic rings. The Bertz CT molecular complexity index is 806. The summed E-state index contributed by atoms with van der Waals surface area (Å²) in [6.07, 6.45) is 1.94. The molecule has 34 heavy (non-hydrogen) atoms. The van der Waals surface area contributed by atoms with Crippen molar-refractivity contribution in [3.05, 3.63) is 35.4 Å². The van der Waals surface area contributed by atoms with Gasteiger partial charge in [0.25, 0.3) is 5.91 Å². The normalized spacial score (nSPS) is 22.7. The van der Waals surface area contributed by atoms with E-state index in [0.29, 0.717) is 19.6 Å². The van der Waals surface area contributed by atoms with Crippen LogP contribution in [-0.2, 0) is 16.1 Å². The lowest BCUT2D eigenvalue weighted by atomic mass is 9.91. The Morgan fingerprint density at radius 1 is 1.06 bits per heavy atom. The number of carbonyl (C=O) groups excluding carboxylic acids is 2. The quantitative estimate of drug-likeness (QED) is 0.630. The molecule has 0 radical (unpaired) electrons. The molecule has 0 saturated carbocycles. The highest BCUT2D eigenvalue weighted by Gasteiger charge is 2.29. The predicted octanol–water partition coefficient (Wildman–Crippen LogP) is 2.85. The number of hydrogen-bond donors (Lipinski definition) is 1. The number of rotatable bonds is 8. The maximum absolute atomic E-state index is 13.0. The van der Waals surface area contributed by atoms with Gasteiger partial charge < -0.3 is 19.9 Å². The maximum Gasteiger partial charge on any atom is 0.253 e. The van der Waals surface area contributed by atoms with E-state index in [1.807, 2.05) is 17.0 Å². The van der Waals surface area contributed by atoms with Gasteiger partial charge in [-0.15, -0.1) is 0 Å². The third kappa shape index (κ3) is 7.79. The summed E-state index contributed by atoms with van der Waals surface area (Å²) >= 11 is 0. The van der Waals surface area contributed by atoms with Crippen LogP contribution in [0.4, 0.5) is 0 Å². The number of likely N-dealkylation sites (tertiary alicyclic amines) is 1. The van der Waals surface area contributed by atoms with Gasteiger partial charge in [-0.2, -0.15) is 0 Å². The molecular formula is C27H44N4O3. The molecule has 2 fully saturated rings. The Hall–Kier alpha value is -1.96. The molecule has 0 bridgehead atoms. The standard InChI is InChI=1S/C27H44N4O3/c1-20-15-30(16-21(2)34-20)17-22-7-9-24(10-8-22)26(33)31-13-11-23(12-14-31)25(32)28-18-27(3,4)19-29(5)6/h7-10,20-21,23H,11-19H2,1-6H3,(H,28,32). The molecular weight excluding hydrogens is 428 g/mol. The fourth-order valence-corrected chi connectivity index (χ4v) is 5.33. The summed E-state index contributed by atoms with van der Waals surface area (Å²) in [5, 5.41) is 3.14. The summed E-state index contributed by atoms with van der Waals surface area (Å²) < 4.78 is 5.82. The minimum absolute atomic E-state index is 0.0140. The number of nitrogens with one attached hydrogen (secondary N) is 1.